The molecule has 0 atom stereocenters. The fourth-order valence-electron chi connectivity index (χ4n) is 2.66. The molecule has 3 aromatic carbocycles. The summed E-state index contributed by atoms with van der Waals surface area (Å²) in [5.74, 6) is -2.49. The molecule has 0 aliphatic rings. The maximum Gasteiger partial charge on any atom is 0.339 e. The molecule has 0 radical (unpaired) electrons. The van der Waals surface area contributed by atoms with Gasteiger partial charge in [-0.25, -0.2) is 9.59 Å². The van der Waals surface area contributed by atoms with E-state index in [2.05, 4.69) is 0 Å². The molecule has 0 aliphatic heterocycles. The van der Waals surface area contributed by atoms with Gasteiger partial charge in [0.25, 0.3) is 0 Å². The third-order valence-corrected chi connectivity index (χ3v) is 3.91. The minimum Gasteiger partial charge on any atom is -0.507 e. The molecule has 0 aromatic heterocycles. The lowest BCUT2D eigenvalue weighted by molar-refractivity contribution is 0.0684. The predicted octanol–water partition coefficient (Wildman–Crippen LogP) is 4.12. The number of carbonyl (C=O) groups is 2. The molecule has 0 spiro atoms. The van der Waals surface area contributed by atoms with Gasteiger partial charge in [0, 0.05) is 0 Å². The van der Waals surface area contributed by atoms with Gasteiger partial charge in [-0.15, -0.1) is 0 Å². The minimum atomic E-state index is -1.19. The first-order valence-electron chi connectivity index (χ1n) is 7.47. The molecule has 0 saturated heterocycles. The van der Waals surface area contributed by atoms with Crippen LogP contribution in [0.1, 0.15) is 20.7 Å². The predicted molar refractivity (Wildman–Crippen MR) is 92.9 cm³/mol. The van der Waals surface area contributed by atoms with Crippen molar-refractivity contribution in [3.05, 3.63) is 77.9 Å². The van der Waals surface area contributed by atoms with E-state index in [1.54, 1.807) is 18.2 Å². The smallest absolute Gasteiger partial charge is 0.339 e. The van der Waals surface area contributed by atoms with Crippen LogP contribution in [0.25, 0.3) is 22.3 Å². The summed E-state index contributed by atoms with van der Waals surface area (Å²) in [5.41, 5.74) is 3.18. The lowest BCUT2D eigenvalue weighted by Gasteiger charge is -2.11. The van der Waals surface area contributed by atoms with Gasteiger partial charge in [0.15, 0.2) is 0 Å². The monoisotopic (exact) mass is 334 g/mol. The van der Waals surface area contributed by atoms with Crippen LogP contribution in [0.15, 0.2) is 66.7 Å². The summed E-state index contributed by atoms with van der Waals surface area (Å²) < 4.78 is 0. The number of carboxylic acid groups (broad SMARTS) is 2. The fraction of sp³-hybridized carbons (Fsp3) is 0. The zero-order valence-electron chi connectivity index (χ0n) is 13.0. The molecule has 0 fully saturated rings. The van der Waals surface area contributed by atoms with Gasteiger partial charge in [-0.1, -0.05) is 42.5 Å². The van der Waals surface area contributed by atoms with E-state index in [1.165, 1.54) is 24.3 Å². The van der Waals surface area contributed by atoms with Gasteiger partial charge in [-0.2, -0.15) is 0 Å². The van der Waals surface area contributed by atoms with Gasteiger partial charge < -0.3 is 15.3 Å². The largest absolute Gasteiger partial charge is 0.507 e. The van der Waals surface area contributed by atoms with Crippen molar-refractivity contribution in [1.29, 1.82) is 0 Å². The second kappa shape index (κ2) is 6.49. The van der Waals surface area contributed by atoms with E-state index in [-0.39, 0.29) is 16.9 Å². The highest BCUT2D eigenvalue weighted by molar-refractivity contribution is 5.93. The Balaban J connectivity index is 2.09. The standard InChI is InChI=1S/C20H14O5/c21-18-11-14(9-10-17(18)20(24)25)16-4-2-1-3-15(16)12-5-7-13(8-6-12)19(22)23/h1-11,21H,(H,22,23)(H,24,25). The highest BCUT2D eigenvalue weighted by Crippen LogP contribution is 2.34. The number of benzene rings is 3. The Morgan fingerprint density at radius 2 is 1.24 bits per heavy atom. The number of aromatic carboxylic acids is 2. The number of aromatic hydroxyl groups is 1. The molecular formula is C20H14O5. The number of phenols is 1. The molecule has 124 valence electrons. The Bertz CT molecular complexity index is 958. The molecule has 0 aliphatic carbocycles. The lowest BCUT2D eigenvalue weighted by atomic mass is 9.93. The topological polar surface area (TPSA) is 94.8 Å². The third kappa shape index (κ3) is 3.21. The molecule has 0 bridgehead atoms. The molecule has 3 rings (SSSR count). The van der Waals surface area contributed by atoms with Crippen molar-refractivity contribution in [3.63, 3.8) is 0 Å². The second-order valence-electron chi connectivity index (χ2n) is 5.47. The van der Waals surface area contributed by atoms with Crippen molar-refractivity contribution in [3.8, 4) is 28.0 Å². The first-order valence-corrected chi connectivity index (χ1v) is 7.47. The summed E-state index contributed by atoms with van der Waals surface area (Å²) >= 11 is 0. The van der Waals surface area contributed by atoms with E-state index in [4.69, 9.17) is 10.2 Å². The molecule has 5 nitrogen and oxygen atoms in total. The molecule has 0 amide bonds. The fourth-order valence-corrected chi connectivity index (χ4v) is 2.66. The molecule has 25 heavy (non-hydrogen) atoms. The van der Waals surface area contributed by atoms with Gasteiger partial charge in [-0.3, -0.25) is 0 Å². The Morgan fingerprint density at radius 1 is 0.680 bits per heavy atom. The van der Waals surface area contributed by atoms with Crippen molar-refractivity contribution in [2.45, 2.75) is 0 Å². The molecule has 0 heterocycles. The molecule has 0 saturated carbocycles. The van der Waals surface area contributed by atoms with E-state index >= 15 is 0 Å². The van der Waals surface area contributed by atoms with E-state index in [1.807, 2.05) is 24.3 Å². The van der Waals surface area contributed by atoms with Crippen LogP contribution in [0, 0.1) is 0 Å². The second-order valence-corrected chi connectivity index (χ2v) is 5.47. The zero-order valence-corrected chi connectivity index (χ0v) is 13.0. The lowest BCUT2D eigenvalue weighted by Crippen LogP contribution is -1.97. The Kier molecular flexibility index (Phi) is 4.22. The van der Waals surface area contributed by atoms with E-state index < -0.39 is 11.9 Å². The van der Waals surface area contributed by atoms with Crippen LogP contribution in [0.4, 0.5) is 0 Å². The van der Waals surface area contributed by atoms with E-state index in [0.29, 0.717) is 5.56 Å². The molecule has 0 unspecified atom stereocenters. The van der Waals surface area contributed by atoms with Crippen LogP contribution >= 0.6 is 0 Å². The summed E-state index contributed by atoms with van der Waals surface area (Å²) in [4.78, 5) is 22.0. The molecule has 3 aromatic rings. The third-order valence-electron chi connectivity index (χ3n) is 3.91. The van der Waals surface area contributed by atoms with Crippen LogP contribution < -0.4 is 0 Å². The summed E-state index contributed by atoms with van der Waals surface area (Å²) in [6, 6.07) is 18.3. The first-order chi connectivity index (χ1) is 12.0. The number of hydrogen-bond acceptors (Lipinski definition) is 3. The van der Waals surface area contributed by atoms with Crippen LogP contribution in [0.3, 0.4) is 0 Å². The Morgan fingerprint density at radius 3 is 1.76 bits per heavy atom. The molecule has 5 heteroatoms. The first kappa shape index (κ1) is 16.3. The number of rotatable bonds is 4. The summed E-state index contributed by atoms with van der Waals surface area (Å²) in [6.45, 7) is 0. The van der Waals surface area contributed by atoms with Crippen molar-refractivity contribution in [2.24, 2.45) is 0 Å². The quantitative estimate of drug-likeness (QED) is 0.667. The highest BCUT2D eigenvalue weighted by atomic mass is 16.4. The summed E-state index contributed by atoms with van der Waals surface area (Å²) in [6.07, 6.45) is 0. The van der Waals surface area contributed by atoms with Gasteiger partial charge >= 0.3 is 11.9 Å². The van der Waals surface area contributed by atoms with Crippen molar-refractivity contribution >= 4 is 11.9 Å². The van der Waals surface area contributed by atoms with E-state index in [0.717, 1.165) is 16.7 Å². The normalized spacial score (nSPS) is 10.4. The number of hydrogen-bond donors (Lipinski definition) is 3. The summed E-state index contributed by atoms with van der Waals surface area (Å²) in [5, 5.41) is 28.0. The molecule has 3 N–H and O–H groups in total. The van der Waals surface area contributed by atoms with Crippen molar-refractivity contribution in [1.82, 2.24) is 0 Å². The Hall–Kier alpha value is -3.60. The van der Waals surface area contributed by atoms with E-state index in [9.17, 15) is 14.7 Å². The van der Waals surface area contributed by atoms with Crippen LogP contribution in [0.2, 0.25) is 0 Å². The zero-order chi connectivity index (χ0) is 18.0. The highest BCUT2D eigenvalue weighted by Gasteiger charge is 2.13. The number of carboxylic acids is 2. The van der Waals surface area contributed by atoms with Crippen LogP contribution in [-0.4, -0.2) is 27.3 Å². The minimum absolute atomic E-state index is 0.160. The maximum absolute atomic E-state index is 11.0. The van der Waals surface area contributed by atoms with Gasteiger partial charge in [0.1, 0.15) is 11.3 Å². The van der Waals surface area contributed by atoms with Crippen LogP contribution in [0.5, 0.6) is 5.75 Å². The van der Waals surface area contributed by atoms with Gasteiger partial charge in [-0.05, 0) is 46.5 Å². The molecular weight excluding hydrogens is 320 g/mol. The average Bonchev–Trinajstić information content (AvgIpc) is 2.61. The summed E-state index contributed by atoms with van der Waals surface area (Å²) in [7, 11) is 0. The average molecular weight is 334 g/mol. The van der Waals surface area contributed by atoms with Gasteiger partial charge in [0.05, 0.1) is 5.56 Å². The van der Waals surface area contributed by atoms with Gasteiger partial charge in [0.2, 0.25) is 0 Å². The Labute approximate surface area is 143 Å². The van der Waals surface area contributed by atoms with Crippen molar-refractivity contribution in [2.75, 3.05) is 0 Å². The van der Waals surface area contributed by atoms with Crippen molar-refractivity contribution < 1.29 is 24.9 Å². The SMILES string of the molecule is O=C(O)c1ccc(-c2ccccc2-c2ccc(C(=O)O)c(O)c2)cc1. The van der Waals surface area contributed by atoms with Crippen LogP contribution in [-0.2, 0) is 0 Å². The maximum atomic E-state index is 11.0.